The molecule has 2 N–H and O–H groups in total. The molecule has 1 amide bonds. The first-order valence-electron chi connectivity index (χ1n) is 6.68. The third-order valence-corrected chi connectivity index (χ3v) is 3.36. The molecule has 0 radical (unpaired) electrons. The van der Waals surface area contributed by atoms with Crippen LogP contribution < -0.4 is 11.5 Å². The van der Waals surface area contributed by atoms with Gasteiger partial charge in [-0.15, -0.1) is 0 Å². The zero-order valence-electron chi connectivity index (χ0n) is 11.8. The van der Waals surface area contributed by atoms with E-state index >= 15 is 0 Å². The summed E-state index contributed by atoms with van der Waals surface area (Å²) in [6, 6.07) is 9.83. The number of primary amides is 1. The second-order valence-electron chi connectivity index (χ2n) is 4.91. The molecular formula is C16H11FN2O4. The molecule has 0 spiro atoms. The van der Waals surface area contributed by atoms with Crippen LogP contribution in [0.5, 0.6) is 0 Å². The van der Waals surface area contributed by atoms with E-state index in [4.69, 9.17) is 10.2 Å². The number of nitrogens with two attached hydrogens (primary N) is 1. The van der Waals surface area contributed by atoms with Gasteiger partial charge in [-0.3, -0.25) is 14.2 Å². The Balaban J connectivity index is 2.08. The average molecular weight is 314 g/mol. The van der Waals surface area contributed by atoms with Crippen LogP contribution in [0, 0.1) is 5.82 Å². The number of halogens is 1. The fourth-order valence-corrected chi connectivity index (χ4v) is 2.31. The molecule has 116 valence electrons. The van der Waals surface area contributed by atoms with E-state index in [1.165, 1.54) is 36.4 Å². The van der Waals surface area contributed by atoms with Gasteiger partial charge in [0.25, 0.3) is 0 Å². The van der Waals surface area contributed by atoms with E-state index in [0.29, 0.717) is 5.52 Å². The molecule has 6 nitrogen and oxygen atoms in total. The van der Waals surface area contributed by atoms with Crippen molar-refractivity contribution in [2.45, 2.75) is 6.54 Å². The molecule has 0 saturated heterocycles. The summed E-state index contributed by atoms with van der Waals surface area (Å²) in [6.45, 7) is -0.327. The molecule has 0 unspecified atom stereocenters. The minimum absolute atomic E-state index is 0.0780. The van der Waals surface area contributed by atoms with Gasteiger partial charge in [-0.25, -0.2) is 9.18 Å². The summed E-state index contributed by atoms with van der Waals surface area (Å²) in [4.78, 5) is 35.0. The molecule has 1 heterocycles. The number of carbonyl (C=O) groups excluding carboxylic acids is 2. The van der Waals surface area contributed by atoms with Crippen LogP contribution in [0.1, 0.15) is 15.9 Å². The lowest BCUT2D eigenvalue weighted by molar-refractivity contribution is -0.118. The number of nitrogens with zero attached hydrogens (tertiary/aromatic N) is 1. The lowest BCUT2D eigenvalue weighted by Crippen LogP contribution is -2.24. The summed E-state index contributed by atoms with van der Waals surface area (Å²) in [6.07, 6.45) is 0. The van der Waals surface area contributed by atoms with E-state index in [-0.39, 0.29) is 23.3 Å². The number of ketones is 1. The maximum atomic E-state index is 13.7. The number of rotatable bonds is 4. The van der Waals surface area contributed by atoms with Crippen molar-refractivity contribution < 1.29 is 18.4 Å². The predicted octanol–water partition coefficient (Wildman–Crippen LogP) is 1.45. The van der Waals surface area contributed by atoms with Gasteiger partial charge >= 0.3 is 5.76 Å². The van der Waals surface area contributed by atoms with Crippen LogP contribution >= 0.6 is 0 Å². The standard InChI is InChI=1S/C16H11FN2O4/c17-11-4-2-1-3-10(11)15(21)9-5-6-12-13(7-9)23-16(22)19(12)8-14(18)20/h1-7H,8H2,(H2,18,20). The summed E-state index contributed by atoms with van der Waals surface area (Å²) in [5, 5.41) is 0. The molecule has 0 aliphatic heterocycles. The maximum absolute atomic E-state index is 13.7. The van der Waals surface area contributed by atoms with Crippen molar-refractivity contribution >= 4 is 22.8 Å². The highest BCUT2D eigenvalue weighted by Crippen LogP contribution is 2.19. The van der Waals surface area contributed by atoms with Crippen molar-refractivity contribution in [3.8, 4) is 0 Å². The molecule has 0 atom stereocenters. The second-order valence-corrected chi connectivity index (χ2v) is 4.91. The topological polar surface area (TPSA) is 95.3 Å². The summed E-state index contributed by atoms with van der Waals surface area (Å²) in [7, 11) is 0. The monoisotopic (exact) mass is 314 g/mol. The normalized spacial score (nSPS) is 10.8. The molecule has 0 bridgehead atoms. The van der Waals surface area contributed by atoms with Crippen molar-refractivity contribution in [2.24, 2.45) is 5.73 Å². The Morgan fingerprint density at radius 3 is 2.61 bits per heavy atom. The van der Waals surface area contributed by atoms with Crippen molar-refractivity contribution in [2.75, 3.05) is 0 Å². The van der Waals surface area contributed by atoms with E-state index < -0.39 is 23.3 Å². The van der Waals surface area contributed by atoms with Crippen LogP contribution in [0.25, 0.3) is 11.1 Å². The highest BCUT2D eigenvalue weighted by molar-refractivity contribution is 6.10. The fourth-order valence-electron chi connectivity index (χ4n) is 2.31. The van der Waals surface area contributed by atoms with Crippen LogP contribution in [0.3, 0.4) is 0 Å². The zero-order valence-corrected chi connectivity index (χ0v) is 11.8. The fraction of sp³-hybridized carbons (Fsp3) is 0.0625. The number of amides is 1. The molecule has 0 aliphatic rings. The first-order valence-corrected chi connectivity index (χ1v) is 6.68. The highest BCUT2D eigenvalue weighted by atomic mass is 19.1. The van der Waals surface area contributed by atoms with Gasteiger partial charge in [0, 0.05) is 5.56 Å². The van der Waals surface area contributed by atoms with Crippen LogP contribution in [0.4, 0.5) is 4.39 Å². The van der Waals surface area contributed by atoms with Gasteiger partial charge in [0.05, 0.1) is 11.1 Å². The quantitative estimate of drug-likeness (QED) is 0.737. The minimum Gasteiger partial charge on any atom is -0.408 e. The number of benzene rings is 2. The Morgan fingerprint density at radius 1 is 1.17 bits per heavy atom. The van der Waals surface area contributed by atoms with Gasteiger partial charge < -0.3 is 10.2 Å². The maximum Gasteiger partial charge on any atom is 0.420 e. The molecule has 7 heteroatoms. The van der Waals surface area contributed by atoms with Crippen molar-refractivity contribution in [3.05, 3.63) is 70.0 Å². The highest BCUT2D eigenvalue weighted by Gasteiger charge is 2.17. The van der Waals surface area contributed by atoms with Gasteiger partial charge in [-0.1, -0.05) is 12.1 Å². The lowest BCUT2D eigenvalue weighted by atomic mass is 10.0. The third-order valence-electron chi connectivity index (χ3n) is 3.36. The second kappa shape index (κ2) is 5.53. The summed E-state index contributed by atoms with van der Waals surface area (Å²) >= 11 is 0. The Bertz CT molecular complexity index is 987. The summed E-state index contributed by atoms with van der Waals surface area (Å²) < 4.78 is 19.8. The number of carbonyl (C=O) groups is 2. The molecule has 0 fully saturated rings. The van der Waals surface area contributed by atoms with E-state index in [1.54, 1.807) is 6.07 Å². The van der Waals surface area contributed by atoms with Gasteiger partial charge in [0.15, 0.2) is 11.4 Å². The van der Waals surface area contributed by atoms with Crippen LogP contribution in [0.15, 0.2) is 51.7 Å². The Morgan fingerprint density at radius 2 is 1.91 bits per heavy atom. The molecular weight excluding hydrogens is 303 g/mol. The Hall–Kier alpha value is -3.22. The average Bonchev–Trinajstić information content (AvgIpc) is 2.82. The molecule has 0 saturated carbocycles. The first kappa shape index (κ1) is 14.7. The number of aromatic nitrogens is 1. The van der Waals surface area contributed by atoms with Crippen molar-refractivity contribution in [3.63, 3.8) is 0 Å². The number of oxazole rings is 1. The molecule has 0 aliphatic carbocycles. The Labute approximate surface area is 128 Å². The predicted molar refractivity (Wildman–Crippen MR) is 79.5 cm³/mol. The van der Waals surface area contributed by atoms with E-state index in [9.17, 15) is 18.8 Å². The van der Waals surface area contributed by atoms with Crippen molar-refractivity contribution in [1.82, 2.24) is 4.57 Å². The summed E-state index contributed by atoms with van der Waals surface area (Å²) in [5.74, 6) is -2.61. The lowest BCUT2D eigenvalue weighted by Gasteiger charge is -2.03. The van der Waals surface area contributed by atoms with E-state index in [1.807, 2.05) is 0 Å². The number of hydrogen-bond donors (Lipinski definition) is 1. The first-order chi connectivity index (χ1) is 11.0. The zero-order chi connectivity index (χ0) is 16.6. The number of hydrogen-bond acceptors (Lipinski definition) is 4. The van der Waals surface area contributed by atoms with Gasteiger partial charge in [-0.2, -0.15) is 0 Å². The molecule has 2 aromatic carbocycles. The minimum atomic E-state index is -0.755. The van der Waals surface area contributed by atoms with Crippen LogP contribution in [-0.2, 0) is 11.3 Å². The van der Waals surface area contributed by atoms with E-state index in [2.05, 4.69) is 0 Å². The van der Waals surface area contributed by atoms with Crippen molar-refractivity contribution in [1.29, 1.82) is 0 Å². The Kier molecular flexibility index (Phi) is 3.53. The smallest absolute Gasteiger partial charge is 0.408 e. The van der Waals surface area contributed by atoms with E-state index in [0.717, 1.165) is 4.57 Å². The van der Waals surface area contributed by atoms with Crippen LogP contribution in [0.2, 0.25) is 0 Å². The third kappa shape index (κ3) is 2.64. The SMILES string of the molecule is NC(=O)Cn1c(=O)oc2cc(C(=O)c3ccccc3F)ccc21. The number of fused-ring (bicyclic) bond motifs is 1. The molecule has 1 aromatic heterocycles. The van der Waals surface area contributed by atoms with Gasteiger partial charge in [0.2, 0.25) is 5.91 Å². The van der Waals surface area contributed by atoms with Gasteiger partial charge in [0.1, 0.15) is 12.4 Å². The molecule has 3 rings (SSSR count). The van der Waals surface area contributed by atoms with Gasteiger partial charge in [-0.05, 0) is 30.3 Å². The summed E-state index contributed by atoms with van der Waals surface area (Å²) in [5.41, 5.74) is 5.63. The molecule has 3 aromatic rings. The molecule has 23 heavy (non-hydrogen) atoms. The largest absolute Gasteiger partial charge is 0.420 e. The van der Waals surface area contributed by atoms with Crippen LogP contribution in [-0.4, -0.2) is 16.3 Å².